The molecular formula is C3H2ClO. The van der Waals surface area contributed by atoms with Gasteiger partial charge < -0.3 is 0 Å². The minimum absolute atomic E-state index is 0.399. The molecule has 0 rings (SSSR count). The second kappa shape index (κ2) is 3.81. The van der Waals surface area contributed by atoms with Gasteiger partial charge in [0.2, 0.25) is 0 Å². The van der Waals surface area contributed by atoms with Crippen LogP contribution in [0.5, 0.6) is 0 Å². The molecule has 0 aromatic heterocycles. The van der Waals surface area contributed by atoms with Gasteiger partial charge in [-0.1, -0.05) is 5.92 Å². The summed E-state index contributed by atoms with van der Waals surface area (Å²) in [5.74, 6) is 2.07. The normalized spacial score (nSPS) is 5.20. The van der Waals surface area contributed by atoms with Gasteiger partial charge in [-0.05, 0) is 11.6 Å². The van der Waals surface area contributed by atoms with Crippen LogP contribution in [0.2, 0.25) is 0 Å². The Labute approximate surface area is 35.6 Å². The molecule has 5 heavy (non-hydrogen) atoms. The van der Waals surface area contributed by atoms with Gasteiger partial charge in [-0.25, -0.2) is 5.11 Å². The zero-order chi connectivity index (χ0) is 4.12. The van der Waals surface area contributed by atoms with E-state index < -0.39 is 6.61 Å². The van der Waals surface area contributed by atoms with Crippen molar-refractivity contribution < 1.29 is 5.11 Å². The first-order valence-corrected chi connectivity index (χ1v) is 1.46. The molecule has 0 aliphatic carbocycles. The van der Waals surface area contributed by atoms with Crippen molar-refractivity contribution in [3.05, 3.63) is 0 Å². The molecular weight excluding hydrogens is 87.5 g/mol. The Hall–Kier alpha value is -0.190. The third kappa shape index (κ3) is 3.81. The van der Waals surface area contributed by atoms with E-state index in [4.69, 9.17) is 11.6 Å². The van der Waals surface area contributed by atoms with Crippen LogP contribution >= 0.6 is 11.6 Å². The average molecular weight is 89.5 g/mol. The summed E-state index contributed by atoms with van der Waals surface area (Å²) in [6.07, 6.45) is 0. The summed E-state index contributed by atoms with van der Waals surface area (Å²) in [7, 11) is 0. The van der Waals surface area contributed by atoms with E-state index in [9.17, 15) is 5.11 Å². The highest BCUT2D eigenvalue weighted by atomic mass is 35.5. The van der Waals surface area contributed by atoms with Crippen molar-refractivity contribution in [3.8, 4) is 11.3 Å². The maximum atomic E-state index is 9.27. The van der Waals surface area contributed by atoms with Crippen LogP contribution in [0, 0.1) is 11.3 Å². The molecule has 2 heteroatoms. The molecule has 0 unspecified atom stereocenters. The Morgan fingerprint density at radius 1 is 1.80 bits per heavy atom. The molecule has 0 aromatic carbocycles. The highest BCUT2D eigenvalue weighted by Gasteiger charge is 1.54. The van der Waals surface area contributed by atoms with Crippen LogP contribution in [-0.4, -0.2) is 6.61 Å². The minimum Gasteiger partial charge on any atom is -0.223 e. The fourth-order valence-corrected chi connectivity index (χ4v) is 0.0818. The van der Waals surface area contributed by atoms with E-state index in [1.807, 2.05) is 5.38 Å². The molecule has 0 aromatic rings. The summed E-state index contributed by atoms with van der Waals surface area (Å²) in [5.41, 5.74) is 0. The Balaban J connectivity index is 2.81. The second-order valence-electron chi connectivity index (χ2n) is 0.416. The topological polar surface area (TPSA) is 19.9 Å². The first kappa shape index (κ1) is 4.81. The van der Waals surface area contributed by atoms with Crippen molar-refractivity contribution in [1.29, 1.82) is 0 Å². The lowest BCUT2D eigenvalue weighted by Gasteiger charge is -1.53. The van der Waals surface area contributed by atoms with Gasteiger partial charge in [-0.15, -0.1) is 0 Å². The summed E-state index contributed by atoms with van der Waals surface area (Å²) in [6, 6.07) is 0. The minimum atomic E-state index is -0.399. The third-order valence-electron chi connectivity index (χ3n) is 0.139. The van der Waals surface area contributed by atoms with E-state index in [0.29, 0.717) is 0 Å². The van der Waals surface area contributed by atoms with Crippen molar-refractivity contribution in [2.45, 2.75) is 0 Å². The molecule has 0 bridgehead atoms. The van der Waals surface area contributed by atoms with Crippen LogP contribution in [0.25, 0.3) is 0 Å². The van der Waals surface area contributed by atoms with Crippen LogP contribution in [0.3, 0.4) is 0 Å². The summed E-state index contributed by atoms with van der Waals surface area (Å²) < 4.78 is 0. The quantitative estimate of drug-likeness (QED) is 0.388. The summed E-state index contributed by atoms with van der Waals surface area (Å²) in [6.45, 7) is -0.399. The maximum absolute atomic E-state index is 9.27. The first-order chi connectivity index (χ1) is 2.41. The SMILES string of the molecule is [O]CC#CCl. The van der Waals surface area contributed by atoms with E-state index in [2.05, 4.69) is 5.92 Å². The smallest absolute Gasteiger partial charge is 0.144 e. The number of halogens is 1. The molecule has 0 heterocycles. The molecule has 0 fully saturated rings. The highest BCUT2D eigenvalue weighted by Crippen LogP contribution is 1.58. The van der Waals surface area contributed by atoms with Crippen LogP contribution in [-0.2, 0) is 5.11 Å². The fourth-order valence-electron chi connectivity index (χ4n) is 0.0273. The van der Waals surface area contributed by atoms with Crippen LogP contribution in [0.1, 0.15) is 0 Å². The van der Waals surface area contributed by atoms with Gasteiger partial charge in [-0.2, -0.15) is 0 Å². The molecule has 0 aliphatic rings. The van der Waals surface area contributed by atoms with Crippen LogP contribution < -0.4 is 0 Å². The molecule has 0 atom stereocenters. The predicted molar refractivity (Wildman–Crippen MR) is 19.2 cm³/mol. The summed E-state index contributed by atoms with van der Waals surface area (Å²) >= 11 is 4.74. The number of hydrogen-bond donors (Lipinski definition) is 0. The molecule has 0 saturated carbocycles. The lowest BCUT2D eigenvalue weighted by atomic mass is 10.8. The maximum Gasteiger partial charge on any atom is 0.144 e. The lowest BCUT2D eigenvalue weighted by Crippen LogP contribution is -1.62. The van der Waals surface area contributed by atoms with Gasteiger partial charge in [0.05, 0.1) is 0 Å². The van der Waals surface area contributed by atoms with Gasteiger partial charge >= 0.3 is 0 Å². The van der Waals surface area contributed by atoms with Gasteiger partial charge in [-0.3, -0.25) is 0 Å². The number of rotatable bonds is 0. The van der Waals surface area contributed by atoms with Gasteiger partial charge in [0.1, 0.15) is 6.61 Å². The fraction of sp³-hybridized carbons (Fsp3) is 0.333. The molecule has 0 aliphatic heterocycles. The molecule has 0 saturated heterocycles. The number of hydrogen-bond acceptors (Lipinski definition) is 0. The average Bonchev–Trinajstić information content (AvgIpc) is 1.41. The third-order valence-corrected chi connectivity index (χ3v) is 0.273. The zero-order valence-corrected chi connectivity index (χ0v) is 3.25. The molecule has 0 amide bonds. The standard InChI is InChI=1S/C3H2ClO/c4-2-1-3-5/h3H2. The first-order valence-electron chi connectivity index (χ1n) is 1.08. The highest BCUT2D eigenvalue weighted by molar-refractivity contribution is 6.30. The van der Waals surface area contributed by atoms with Crippen LogP contribution in [0.15, 0.2) is 0 Å². The van der Waals surface area contributed by atoms with Crippen molar-refractivity contribution in [2.75, 3.05) is 6.61 Å². The molecule has 27 valence electrons. The molecule has 0 spiro atoms. The monoisotopic (exact) mass is 89.0 g/mol. The Bertz CT molecular complexity index is 59.0. The van der Waals surface area contributed by atoms with Crippen LogP contribution in [0.4, 0.5) is 0 Å². The Kier molecular flexibility index (Phi) is 3.67. The van der Waals surface area contributed by atoms with Crippen molar-refractivity contribution in [3.63, 3.8) is 0 Å². The Morgan fingerprint density at radius 2 is 2.40 bits per heavy atom. The molecule has 1 radical (unpaired) electrons. The molecule has 1 nitrogen and oxygen atoms in total. The van der Waals surface area contributed by atoms with Gasteiger partial charge in [0, 0.05) is 5.38 Å². The van der Waals surface area contributed by atoms with Crippen molar-refractivity contribution in [2.24, 2.45) is 0 Å². The summed E-state index contributed by atoms with van der Waals surface area (Å²) in [4.78, 5) is 0. The Morgan fingerprint density at radius 3 is 2.40 bits per heavy atom. The van der Waals surface area contributed by atoms with E-state index in [-0.39, 0.29) is 0 Å². The van der Waals surface area contributed by atoms with Crippen molar-refractivity contribution in [1.82, 2.24) is 0 Å². The van der Waals surface area contributed by atoms with E-state index in [1.54, 1.807) is 0 Å². The van der Waals surface area contributed by atoms with Gasteiger partial charge in [0.15, 0.2) is 0 Å². The zero-order valence-electron chi connectivity index (χ0n) is 2.49. The van der Waals surface area contributed by atoms with Crippen molar-refractivity contribution >= 4 is 11.6 Å². The van der Waals surface area contributed by atoms with E-state index in [1.165, 1.54) is 0 Å². The molecule has 0 N–H and O–H groups in total. The van der Waals surface area contributed by atoms with E-state index >= 15 is 0 Å². The van der Waals surface area contributed by atoms with E-state index in [0.717, 1.165) is 0 Å². The predicted octanol–water partition coefficient (Wildman–Crippen LogP) is 0.617. The summed E-state index contributed by atoms with van der Waals surface area (Å²) in [5, 5.41) is 11.2. The largest absolute Gasteiger partial charge is 0.223 e. The second-order valence-corrected chi connectivity index (χ2v) is 0.605. The van der Waals surface area contributed by atoms with Gasteiger partial charge in [0.25, 0.3) is 0 Å². The lowest BCUT2D eigenvalue weighted by molar-refractivity contribution is 0.239.